The van der Waals surface area contributed by atoms with Gasteiger partial charge in [0, 0.05) is 16.1 Å². The number of hydrogen-bond donors (Lipinski definition) is 0. The molecule has 0 radical (unpaired) electrons. The SMILES string of the molecule is Cc1cccc2sc(CN(C)C)cc12. The largest absolute Gasteiger partial charge is 0.304 e. The minimum atomic E-state index is 1.04. The van der Waals surface area contributed by atoms with Gasteiger partial charge in [0.05, 0.1) is 0 Å². The van der Waals surface area contributed by atoms with Crippen molar-refractivity contribution in [1.29, 1.82) is 0 Å². The molecule has 1 nitrogen and oxygen atoms in total. The lowest BCUT2D eigenvalue weighted by molar-refractivity contribution is 0.406. The summed E-state index contributed by atoms with van der Waals surface area (Å²) in [5.41, 5.74) is 1.38. The molecule has 0 saturated heterocycles. The monoisotopic (exact) mass is 205 g/mol. The van der Waals surface area contributed by atoms with Crippen LogP contribution in [0.5, 0.6) is 0 Å². The Morgan fingerprint density at radius 3 is 2.71 bits per heavy atom. The maximum atomic E-state index is 2.31. The van der Waals surface area contributed by atoms with Crippen molar-refractivity contribution >= 4 is 21.4 Å². The van der Waals surface area contributed by atoms with Crippen LogP contribution in [0.25, 0.3) is 10.1 Å². The average molecular weight is 205 g/mol. The Balaban J connectivity index is 2.46. The highest BCUT2D eigenvalue weighted by Gasteiger charge is 2.03. The van der Waals surface area contributed by atoms with Crippen molar-refractivity contribution in [3.05, 3.63) is 34.7 Å². The van der Waals surface area contributed by atoms with Crippen molar-refractivity contribution in [2.24, 2.45) is 0 Å². The number of benzene rings is 1. The van der Waals surface area contributed by atoms with Crippen LogP contribution in [0, 0.1) is 6.92 Å². The van der Waals surface area contributed by atoms with Crippen LogP contribution in [0.4, 0.5) is 0 Å². The van der Waals surface area contributed by atoms with Crippen molar-refractivity contribution in [1.82, 2.24) is 4.90 Å². The maximum absolute atomic E-state index is 2.31. The molecule has 0 atom stereocenters. The lowest BCUT2D eigenvalue weighted by Gasteiger charge is -2.05. The molecule has 0 N–H and O–H groups in total. The number of thiophene rings is 1. The van der Waals surface area contributed by atoms with E-state index in [0.29, 0.717) is 0 Å². The molecule has 1 aromatic carbocycles. The standard InChI is InChI=1S/C12H15NS/c1-9-5-4-6-12-11(9)7-10(14-12)8-13(2)3/h4-7H,8H2,1-3H3. The summed E-state index contributed by atoms with van der Waals surface area (Å²) in [6.45, 7) is 3.22. The number of fused-ring (bicyclic) bond motifs is 1. The van der Waals surface area contributed by atoms with Crippen LogP contribution in [-0.2, 0) is 6.54 Å². The maximum Gasteiger partial charge on any atom is 0.0348 e. The zero-order valence-electron chi connectivity index (χ0n) is 8.87. The molecule has 2 rings (SSSR count). The van der Waals surface area contributed by atoms with E-state index >= 15 is 0 Å². The molecule has 1 heterocycles. The van der Waals surface area contributed by atoms with Crippen molar-refractivity contribution in [2.75, 3.05) is 14.1 Å². The third-order valence-electron chi connectivity index (χ3n) is 2.30. The Morgan fingerprint density at radius 2 is 2.07 bits per heavy atom. The van der Waals surface area contributed by atoms with E-state index in [1.807, 2.05) is 11.3 Å². The lowest BCUT2D eigenvalue weighted by atomic mass is 10.1. The molecular formula is C12H15NS. The first-order valence-corrected chi connectivity index (χ1v) is 5.61. The summed E-state index contributed by atoms with van der Waals surface area (Å²) < 4.78 is 1.40. The summed E-state index contributed by atoms with van der Waals surface area (Å²) in [7, 11) is 4.22. The van der Waals surface area contributed by atoms with Gasteiger partial charge < -0.3 is 4.90 Å². The van der Waals surface area contributed by atoms with E-state index in [9.17, 15) is 0 Å². The topological polar surface area (TPSA) is 3.24 Å². The summed E-state index contributed by atoms with van der Waals surface area (Å²) in [6.07, 6.45) is 0. The predicted octanol–water partition coefficient (Wildman–Crippen LogP) is 3.27. The van der Waals surface area contributed by atoms with Gasteiger partial charge in [0.1, 0.15) is 0 Å². The summed E-state index contributed by atoms with van der Waals surface area (Å²) in [5.74, 6) is 0. The summed E-state index contributed by atoms with van der Waals surface area (Å²) in [6, 6.07) is 8.82. The number of aryl methyl sites for hydroxylation is 1. The molecule has 0 aliphatic carbocycles. The van der Waals surface area contributed by atoms with E-state index < -0.39 is 0 Å². The molecule has 0 amide bonds. The van der Waals surface area contributed by atoms with E-state index in [0.717, 1.165) is 6.54 Å². The first-order chi connectivity index (χ1) is 6.66. The number of rotatable bonds is 2. The van der Waals surface area contributed by atoms with Crippen LogP contribution >= 0.6 is 11.3 Å². The average Bonchev–Trinajstić information content (AvgIpc) is 2.47. The molecule has 2 heteroatoms. The lowest BCUT2D eigenvalue weighted by Crippen LogP contribution is -2.09. The Labute approximate surface area is 89.0 Å². The van der Waals surface area contributed by atoms with Gasteiger partial charge >= 0.3 is 0 Å². The van der Waals surface area contributed by atoms with Crippen molar-refractivity contribution in [2.45, 2.75) is 13.5 Å². The molecule has 0 saturated carbocycles. The number of nitrogens with zero attached hydrogens (tertiary/aromatic N) is 1. The summed E-state index contributed by atoms with van der Waals surface area (Å²) >= 11 is 1.90. The molecule has 0 fully saturated rings. The van der Waals surface area contributed by atoms with Gasteiger partial charge in [-0.3, -0.25) is 0 Å². The van der Waals surface area contributed by atoms with Crippen LogP contribution in [0.2, 0.25) is 0 Å². The van der Waals surface area contributed by atoms with E-state index in [1.165, 1.54) is 20.5 Å². The van der Waals surface area contributed by atoms with E-state index in [-0.39, 0.29) is 0 Å². The second-order valence-corrected chi connectivity index (χ2v) is 5.11. The number of hydrogen-bond acceptors (Lipinski definition) is 2. The Hall–Kier alpha value is -0.860. The fraction of sp³-hybridized carbons (Fsp3) is 0.333. The minimum Gasteiger partial charge on any atom is -0.304 e. The van der Waals surface area contributed by atoms with Crippen LogP contribution in [-0.4, -0.2) is 19.0 Å². The van der Waals surface area contributed by atoms with Crippen LogP contribution < -0.4 is 0 Å². The first kappa shape index (κ1) is 9.69. The molecule has 74 valence electrons. The first-order valence-electron chi connectivity index (χ1n) is 4.79. The van der Waals surface area contributed by atoms with Crippen molar-refractivity contribution < 1.29 is 0 Å². The highest BCUT2D eigenvalue weighted by molar-refractivity contribution is 7.19. The molecule has 0 unspecified atom stereocenters. The smallest absolute Gasteiger partial charge is 0.0348 e. The Bertz CT molecular complexity index is 443. The van der Waals surface area contributed by atoms with Gasteiger partial charge in [0.15, 0.2) is 0 Å². The third kappa shape index (κ3) is 1.81. The second-order valence-electron chi connectivity index (χ2n) is 3.94. The van der Waals surface area contributed by atoms with Crippen LogP contribution in [0.15, 0.2) is 24.3 Å². The zero-order valence-corrected chi connectivity index (χ0v) is 9.69. The van der Waals surface area contributed by atoms with Gasteiger partial charge in [-0.1, -0.05) is 12.1 Å². The molecule has 1 aromatic heterocycles. The summed E-state index contributed by atoms with van der Waals surface area (Å²) in [5, 5.41) is 1.41. The van der Waals surface area contributed by atoms with Gasteiger partial charge in [-0.25, -0.2) is 0 Å². The molecule has 14 heavy (non-hydrogen) atoms. The normalized spacial score (nSPS) is 11.4. The van der Waals surface area contributed by atoms with Gasteiger partial charge in [-0.05, 0) is 44.1 Å². The minimum absolute atomic E-state index is 1.04. The second kappa shape index (κ2) is 3.71. The van der Waals surface area contributed by atoms with Crippen LogP contribution in [0.3, 0.4) is 0 Å². The van der Waals surface area contributed by atoms with Gasteiger partial charge in [-0.2, -0.15) is 0 Å². The molecule has 0 bridgehead atoms. The Morgan fingerprint density at radius 1 is 1.29 bits per heavy atom. The molecule has 2 aromatic rings. The highest BCUT2D eigenvalue weighted by atomic mass is 32.1. The fourth-order valence-electron chi connectivity index (χ4n) is 1.65. The fourth-order valence-corrected chi connectivity index (χ4v) is 2.91. The molecular weight excluding hydrogens is 190 g/mol. The van der Waals surface area contributed by atoms with Gasteiger partial charge in [0.25, 0.3) is 0 Å². The predicted molar refractivity (Wildman–Crippen MR) is 64.0 cm³/mol. The zero-order chi connectivity index (χ0) is 10.1. The molecule has 0 aliphatic rings. The van der Waals surface area contributed by atoms with E-state index in [1.54, 1.807) is 0 Å². The van der Waals surface area contributed by atoms with E-state index in [4.69, 9.17) is 0 Å². The highest BCUT2D eigenvalue weighted by Crippen LogP contribution is 2.28. The quantitative estimate of drug-likeness (QED) is 0.727. The molecule has 0 spiro atoms. The van der Waals surface area contributed by atoms with Crippen LogP contribution in [0.1, 0.15) is 10.4 Å². The Kier molecular flexibility index (Phi) is 2.57. The van der Waals surface area contributed by atoms with Crippen molar-refractivity contribution in [3.63, 3.8) is 0 Å². The third-order valence-corrected chi connectivity index (χ3v) is 3.39. The summed E-state index contributed by atoms with van der Waals surface area (Å²) in [4.78, 5) is 3.65. The van der Waals surface area contributed by atoms with Crippen molar-refractivity contribution in [3.8, 4) is 0 Å². The van der Waals surface area contributed by atoms with E-state index in [2.05, 4.69) is 50.2 Å². The molecule has 0 aliphatic heterocycles. The van der Waals surface area contributed by atoms with Gasteiger partial charge in [0.2, 0.25) is 0 Å². The van der Waals surface area contributed by atoms with Gasteiger partial charge in [-0.15, -0.1) is 11.3 Å².